The largest absolute Gasteiger partial charge is 0.469 e. The van der Waals surface area contributed by atoms with Crippen LogP contribution in [-0.4, -0.2) is 23.0 Å². The van der Waals surface area contributed by atoms with Crippen LogP contribution in [0.1, 0.15) is 36.0 Å². The summed E-state index contributed by atoms with van der Waals surface area (Å²) in [4.78, 5) is 11.4. The van der Waals surface area contributed by atoms with E-state index in [4.69, 9.17) is 4.74 Å². The van der Waals surface area contributed by atoms with Gasteiger partial charge in [0.1, 0.15) is 0 Å². The van der Waals surface area contributed by atoms with Gasteiger partial charge in [0, 0.05) is 22.3 Å². The molecule has 0 N–H and O–H groups in total. The van der Waals surface area contributed by atoms with Crippen LogP contribution in [0.5, 0.6) is 0 Å². The molecule has 1 saturated carbocycles. The van der Waals surface area contributed by atoms with Gasteiger partial charge >= 0.3 is 5.97 Å². The van der Waals surface area contributed by atoms with E-state index < -0.39 is 10.8 Å². The molecule has 0 aliphatic heterocycles. The molecule has 0 bridgehead atoms. The Morgan fingerprint density at radius 2 is 2.05 bits per heavy atom. The Morgan fingerprint density at radius 1 is 1.35 bits per heavy atom. The summed E-state index contributed by atoms with van der Waals surface area (Å²) in [7, 11) is 0.486. The molecule has 3 nitrogen and oxygen atoms in total. The van der Waals surface area contributed by atoms with Crippen molar-refractivity contribution in [1.29, 1.82) is 0 Å². The number of esters is 1. The van der Waals surface area contributed by atoms with Gasteiger partial charge in [-0.05, 0) is 43.2 Å². The number of benzene rings is 1. The lowest BCUT2D eigenvalue weighted by molar-refractivity contribution is -0.141. The molecule has 0 aromatic heterocycles. The molecule has 20 heavy (non-hydrogen) atoms. The molecular formula is C16H22O3S. The van der Waals surface area contributed by atoms with Crippen LogP contribution in [0.15, 0.2) is 18.2 Å². The molecule has 0 spiro atoms. The van der Waals surface area contributed by atoms with Gasteiger partial charge in [0.15, 0.2) is 0 Å². The van der Waals surface area contributed by atoms with E-state index in [-0.39, 0.29) is 11.4 Å². The number of ether oxygens (including phenoxy) is 1. The first-order chi connectivity index (χ1) is 9.44. The Balaban J connectivity index is 1.96. The monoisotopic (exact) mass is 294 g/mol. The molecule has 4 heteroatoms. The SMILES string of the molecule is COC(=O)CC1(CS(=O)Cc2cc(C)ccc2C)CC1. The number of aryl methyl sites for hydroxylation is 2. The van der Waals surface area contributed by atoms with E-state index in [1.165, 1.54) is 18.2 Å². The zero-order valence-electron chi connectivity index (χ0n) is 12.4. The minimum atomic E-state index is -0.923. The molecule has 1 aromatic carbocycles. The van der Waals surface area contributed by atoms with Crippen molar-refractivity contribution in [1.82, 2.24) is 0 Å². The standard InChI is InChI=1S/C16H22O3S/c1-12-4-5-13(2)14(8-12)10-20(18)11-16(6-7-16)9-15(17)19-3/h4-5,8H,6-7,9-11H2,1-3H3. The average molecular weight is 294 g/mol. The third kappa shape index (κ3) is 3.92. The normalized spacial score (nSPS) is 17.6. The Labute approximate surface area is 123 Å². The van der Waals surface area contributed by atoms with Gasteiger partial charge in [0.2, 0.25) is 0 Å². The smallest absolute Gasteiger partial charge is 0.306 e. The van der Waals surface area contributed by atoms with E-state index in [1.54, 1.807) is 0 Å². The Hall–Kier alpha value is -1.16. The van der Waals surface area contributed by atoms with Crippen molar-refractivity contribution >= 4 is 16.8 Å². The van der Waals surface area contributed by atoms with E-state index in [2.05, 4.69) is 18.2 Å². The highest BCUT2D eigenvalue weighted by atomic mass is 32.2. The van der Waals surface area contributed by atoms with Gasteiger partial charge in [-0.3, -0.25) is 9.00 Å². The van der Waals surface area contributed by atoms with Gasteiger partial charge in [0.25, 0.3) is 0 Å². The van der Waals surface area contributed by atoms with Gasteiger partial charge in [0.05, 0.1) is 13.5 Å². The predicted octanol–water partition coefficient (Wildman–Crippen LogP) is 2.90. The maximum atomic E-state index is 12.4. The fourth-order valence-corrected chi connectivity index (χ4v) is 4.28. The maximum absolute atomic E-state index is 12.4. The molecular weight excluding hydrogens is 272 g/mol. The molecule has 2 rings (SSSR count). The highest BCUT2D eigenvalue weighted by Gasteiger charge is 2.45. The average Bonchev–Trinajstić information content (AvgIpc) is 3.12. The lowest BCUT2D eigenvalue weighted by Crippen LogP contribution is -2.18. The second kappa shape index (κ2) is 6.08. The Bertz CT molecular complexity index is 533. The summed E-state index contributed by atoms with van der Waals surface area (Å²) in [5.41, 5.74) is 3.47. The fraction of sp³-hybridized carbons (Fsp3) is 0.562. The van der Waals surface area contributed by atoms with Crippen molar-refractivity contribution in [3.8, 4) is 0 Å². The van der Waals surface area contributed by atoms with Crippen LogP contribution < -0.4 is 0 Å². The highest BCUT2D eigenvalue weighted by molar-refractivity contribution is 7.84. The lowest BCUT2D eigenvalue weighted by Gasteiger charge is -2.14. The summed E-state index contributed by atoms with van der Waals surface area (Å²) >= 11 is 0. The number of hydrogen-bond acceptors (Lipinski definition) is 3. The van der Waals surface area contributed by atoms with E-state index in [0.717, 1.165) is 18.4 Å². The van der Waals surface area contributed by atoms with Crippen LogP contribution in [0.4, 0.5) is 0 Å². The molecule has 1 aliphatic rings. The molecule has 1 aliphatic carbocycles. The molecule has 1 atom stereocenters. The third-order valence-corrected chi connectivity index (χ3v) is 5.56. The van der Waals surface area contributed by atoms with Gasteiger partial charge in [-0.25, -0.2) is 0 Å². The molecule has 110 valence electrons. The number of rotatable bonds is 6. The Kier molecular flexibility index (Phi) is 4.63. The first kappa shape index (κ1) is 15.2. The van der Waals surface area contributed by atoms with Crippen molar-refractivity contribution in [3.05, 3.63) is 34.9 Å². The van der Waals surface area contributed by atoms with Crippen LogP contribution in [0.25, 0.3) is 0 Å². The first-order valence-electron chi connectivity index (χ1n) is 6.92. The molecule has 1 aromatic rings. The van der Waals surface area contributed by atoms with Crippen LogP contribution in [-0.2, 0) is 26.1 Å². The topological polar surface area (TPSA) is 43.4 Å². The number of carbonyl (C=O) groups is 1. The summed E-state index contributed by atoms with van der Waals surface area (Å²) in [5.74, 6) is 0.998. The van der Waals surface area contributed by atoms with Gasteiger partial charge in [-0.2, -0.15) is 0 Å². The summed E-state index contributed by atoms with van der Waals surface area (Å²) in [6.07, 6.45) is 2.38. The maximum Gasteiger partial charge on any atom is 0.306 e. The quantitative estimate of drug-likeness (QED) is 0.758. The molecule has 1 unspecified atom stereocenters. The van der Waals surface area contributed by atoms with E-state index in [9.17, 15) is 9.00 Å². The second-order valence-corrected chi connectivity index (χ2v) is 7.37. The fourth-order valence-electron chi connectivity index (χ4n) is 2.45. The number of methoxy groups -OCH3 is 1. The van der Waals surface area contributed by atoms with Crippen molar-refractivity contribution in [2.75, 3.05) is 12.9 Å². The molecule has 0 radical (unpaired) electrons. The van der Waals surface area contributed by atoms with Crippen molar-refractivity contribution in [2.45, 2.75) is 38.9 Å². The van der Waals surface area contributed by atoms with Crippen molar-refractivity contribution < 1.29 is 13.7 Å². The molecule has 0 saturated heterocycles. The van der Waals surface area contributed by atoms with E-state index >= 15 is 0 Å². The van der Waals surface area contributed by atoms with E-state index in [1.807, 2.05) is 13.8 Å². The van der Waals surface area contributed by atoms with E-state index in [0.29, 0.717) is 17.9 Å². The zero-order chi connectivity index (χ0) is 14.8. The van der Waals surface area contributed by atoms with Crippen molar-refractivity contribution in [3.63, 3.8) is 0 Å². The van der Waals surface area contributed by atoms with Gasteiger partial charge in [-0.1, -0.05) is 23.8 Å². The van der Waals surface area contributed by atoms with Crippen LogP contribution >= 0.6 is 0 Å². The van der Waals surface area contributed by atoms with Crippen LogP contribution in [0.3, 0.4) is 0 Å². The number of carbonyl (C=O) groups excluding carboxylic acids is 1. The van der Waals surface area contributed by atoms with Crippen LogP contribution in [0, 0.1) is 19.3 Å². The van der Waals surface area contributed by atoms with Crippen molar-refractivity contribution in [2.24, 2.45) is 5.41 Å². The first-order valence-corrected chi connectivity index (χ1v) is 8.41. The van der Waals surface area contributed by atoms with Gasteiger partial charge in [-0.15, -0.1) is 0 Å². The summed E-state index contributed by atoms with van der Waals surface area (Å²) in [5, 5.41) is 0. The Morgan fingerprint density at radius 3 is 2.65 bits per heavy atom. The highest BCUT2D eigenvalue weighted by Crippen LogP contribution is 2.49. The molecule has 1 fully saturated rings. The lowest BCUT2D eigenvalue weighted by atomic mass is 10.1. The number of hydrogen-bond donors (Lipinski definition) is 0. The molecule has 0 heterocycles. The zero-order valence-corrected chi connectivity index (χ0v) is 13.2. The van der Waals surface area contributed by atoms with Gasteiger partial charge < -0.3 is 4.74 Å². The summed E-state index contributed by atoms with van der Waals surface area (Å²) in [6, 6.07) is 6.25. The second-order valence-electron chi connectivity index (χ2n) is 5.91. The third-order valence-electron chi connectivity index (χ3n) is 3.99. The van der Waals surface area contributed by atoms with Crippen LogP contribution in [0.2, 0.25) is 0 Å². The predicted molar refractivity (Wildman–Crippen MR) is 80.9 cm³/mol. The summed E-state index contributed by atoms with van der Waals surface area (Å²) in [6.45, 7) is 4.10. The minimum Gasteiger partial charge on any atom is -0.469 e. The summed E-state index contributed by atoms with van der Waals surface area (Å²) < 4.78 is 17.1. The molecule has 0 amide bonds. The minimum absolute atomic E-state index is 0.0598.